The van der Waals surface area contributed by atoms with E-state index in [1.165, 1.54) is 0 Å². The van der Waals surface area contributed by atoms with Gasteiger partial charge in [0.1, 0.15) is 13.2 Å². The van der Waals surface area contributed by atoms with Crippen LogP contribution in [0, 0.1) is 19.8 Å². The summed E-state index contributed by atoms with van der Waals surface area (Å²) in [5, 5.41) is 6.54. The standard InChI is InChI=1S/C23H30N2O3/c1-14(2)22(18-8-9-20-21(13-18)28-11-10-27-20)24-17(5)23(26)25-19-12-15(3)6-7-16(19)4/h6-9,12-14,17,22,24H,10-11H2,1-5H3,(H,25,26)/t17-,22+/m1/s1. The van der Waals surface area contributed by atoms with Crippen LogP contribution in [0.15, 0.2) is 36.4 Å². The minimum atomic E-state index is -0.347. The van der Waals surface area contributed by atoms with Crippen molar-refractivity contribution in [1.29, 1.82) is 0 Å². The zero-order valence-corrected chi connectivity index (χ0v) is 17.3. The van der Waals surface area contributed by atoms with Crippen molar-refractivity contribution >= 4 is 11.6 Å². The van der Waals surface area contributed by atoms with Crippen molar-refractivity contribution in [1.82, 2.24) is 5.32 Å². The summed E-state index contributed by atoms with van der Waals surface area (Å²) in [6.07, 6.45) is 0. The average molecular weight is 383 g/mol. The molecule has 0 aliphatic carbocycles. The molecule has 2 aromatic carbocycles. The molecule has 0 bridgehead atoms. The predicted octanol–water partition coefficient (Wildman–Crippen LogP) is 4.39. The topological polar surface area (TPSA) is 59.6 Å². The van der Waals surface area contributed by atoms with Crippen molar-refractivity contribution in [3.63, 3.8) is 0 Å². The van der Waals surface area contributed by atoms with Gasteiger partial charge in [0.05, 0.1) is 6.04 Å². The third kappa shape index (κ3) is 4.65. The van der Waals surface area contributed by atoms with Crippen molar-refractivity contribution in [3.05, 3.63) is 53.1 Å². The van der Waals surface area contributed by atoms with Gasteiger partial charge in [-0.1, -0.05) is 32.0 Å². The lowest BCUT2D eigenvalue weighted by molar-refractivity contribution is -0.118. The van der Waals surface area contributed by atoms with Crippen LogP contribution in [0.5, 0.6) is 11.5 Å². The van der Waals surface area contributed by atoms with Gasteiger partial charge in [-0.2, -0.15) is 0 Å². The van der Waals surface area contributed by atoms with Crippen LogP contribution in [-0.2, 0) is 4.79 Å². The van der Waals surface area contributed by atoms with Gasteiger partial charge in [-0.15, -0.1) is 0 Å². The van der Waals surface area contributed by atoms with Crippen molar-refractivity contribution in [2.45, 2.75) is 46.7 Å². The number of amides is 1. The average Bonchev–Trinajstić information content (AvgIpc) is 2.68. The highest BCUT2D eigenvalue weighted by molar-refractivity contribution is 5.95. The van der Waals surface area contributed by atoms with E-state index in [1.807, 2.05) is 57.2 Å². The molecule has 1 amide bonds. The molecular formula is C23H30N2O3. The zero-order valence-electron chi connectivity index (χ0n) is 17.3. The molecule has 1 aliphatic heterocycles. The molecular weight excluding hydrogens is 352 g/mol. The molecule has 2 aromatic rings. The fourth-order valence-electron chi connectivity index (χ4n) is 3.38. The Kier molecular flexibility index (Phi) is 6.25. The Hall–Kier alpha value is -2.53. The van der Waals surface area contributed by atoms with Crippen LogP contribution in [0.4, 0.5) is 5.69 Å². The smallest absolute Gasteiger partial charge is 0.241 e. The Labute approximate surface area is 167 Å². The number of benzene rings is 2. The minimum Gasteiger partial charge on any atom is -0.486 e. The highest BCUT2D eigenvalue weighted by Crippen LogP contribution is 2.34. The van der Waals surface area contributed by atoms with E-state index < -0.39 is 0 Å². The second-order valence-electron chi connectivity index (χ2n) is 7.82. The summed E-state index contributed by atoms with van der Waals surface area (Å²) in [5.41, 5.74) is 4.13. The fourth-order valence-corrected chi connectivity index (χ4v) is 3.38. The van der Waals surface area contributed by atoms with Crippen LogP contribution in [0.3, 0.4) is 0 Å². The van der Waals surface area contributed by atoms with Gasteiger partial charge in [0, 0.05) is 11.7 Å². The summed E-state index contributed by atoms with van der Waals surface area (Å²) >= 11 is 0. The molecule has 5 nitrogen and oxygen atoms in total. The number of aryl methyl sites for hydroxylation is 2. The van der Waals surface area contributed by atoms with E-state index in [1.54, 1.807) is 0 Å². The number of nitrogens with one attached hydrogen (secondary N) is 2. The highest BCUT2D eigenvalue weighted by Gasteiger charge is 2.24. The summed E-state index contributed by atoms with van der Waals surface area (Å²) in [5.74, 6) is 1.80. The van der Waals surface area contributed by atoms with Crippen LogP contribution in [0.25, 0.3) is 0 Å². The maximum Gasteiger partial charge on any atom is 0.241 e. The molecule has 2 atom stereocenters. The molecule has 0 spiro atoms. The second-order valence-corrected chi connectivity index (χ2v) is 7.82. The number of hydrogen-bond acceptors (Lipinski definition) is 4. The lowest BCUT2D eigenvalue weighted by atomic mass is 9.94. The first-order chi connectivity index (χ1) is 13.3. The van der Waals surface area contributed by atoms with Crippen LogP contribution in [0.1, 0.15) is 43.5 Å². The lowest BCUT2D eigenvalue weighted by Crippen LogP contribution is -2.41. The Morgan fingerprint density at radius 1 is 0.964 bits per heavy atom. The number of carbonyl (C=O) groups excluding carboxylic acids is 1. The maximum absolute atomic E-state index is 12.8. The zero-order chi connectivity index (χ0) is 20.3. The molecule has 0 unspecified atom stereocenters. The first-order valence-corrected chi connectivity index (χ1v) is 9.89. The minimum absolute atomic E-state index is 0.0233. The molecule has 28 heavy (non-hydrogen) atoms. The van der Waals surface area contributed by atoms with Crippen molar-refractivity contribution in [2.24, 2.45) is 5.92 Å². The Balaban J connectivity index is 1.73. The monoisotopic (exact) mass is 382 g/mol. The fraction of sp³-hybridized carbons (Fsp3) is 0.435. The highest BCUT2D eigenvalue weighted by atomic mass is 16.6. The van der Waals surface area contributed by atoms with Gasteiger partial charge in [0.25, 0.3) is 0 Å². The molecule has 0 radical (unpaired) electrons. The van der Waals surface area contributed by atoms with Crippen molar-refractivity contribution in [2.75, 3.05) is 18.5 Å². The number of ether oxygens (including phenoxy) is 2. The second kappa shape index (κ2) is 8.65. The first-order valence-electron chi connectivity index (χ1n) is 9.89. The van der Waals surface area contributed by atoms with Crippen LogP contribution < -0.4 is 20.1 Å². The van der Waals surface area contributed by atoms with Gasteiger partial charge in [0.2, 0.25) is 5.91 Å². The Morgan fingerprint density at radius 3 is 2.39 bits per heavy atom. The Morgan fingerprint density at radius 2 is 1.68 bits per heavy atom. The molecule has 3 rings (SSSR count). The molecule has 5 heteroatoms. The van der Waals surface area contributed by atoms with Gasteiger partial charge in [-0.25, -0.2) is 0 Å². The van der Waals surface area contributed by atoms with Gasteiger partial charge in [-0.3, -0.25) is 10.1 Å². The lowest BCUT2D eigenvalue weighted by Gasteiger charge is -2.28. The molecule has 0 fully saturated rings. The molecule has 1 aliphatic rings. The number of hydrogen-bond donors (Lipinski definition) is 2. The van der Waals surface area contributed by atoms with Gasteiger partial charge < -0.3 is 14.8 Å². The Bertz CT molecular complexity index is 848. The molecule has 0 saturated carbocycles. The van der Waals surface area contributed by atoms with E-state index in [2.05, 4.69) is 24.5 Å². The van der Waals surface area contributed by atoms with E-state index in [4.69, 9.17) is 9.47 Å². The maximum atomic E-state index is 12.8. The predicted molar refractivity (Wildman–Crippen MR) is 112 cm³/mol. The van der Waals surface area contributed by atoms with Crippen LogP contribution in [-0.4, -0.2) is 25.2 Å². The normalized spacial score (nSPS) is 15.2. The quantitative estimate of drug-likeness (QED) is 0.778. The van der Waals surface area contributed by atoms with E-state index in [9.17, 15) is 4.79 Å². The SMILES string of the molecule is Cc1ccc(C)c(NC(=O)[C@@H](C)N[C@H](c2ccc3c(c2)OCCO3)C(C)C)c1. The summed E-state index contributed by atoms with van der Waals surface area (Å²) in [6.45, 7) is 11.3. The van der Waals surface area contributed by atoms with Gasteiger partial charge >= 0.3 is 0 Å². The molecule has 2 N–H and O–H groups in total. The molecule has 0 saturated heterocycles. The number of carbonyl (C=O) groups is 1. The van der Waals surface area contributed by atoms with E-state index in [0.29, 0.717) is 19.1 Å². The molecule has 0 aromatic heterocycles. The van der Waals surface area contributed by atoms with E-state index in [0.717, 1.165) is 33.9 Å². The number of rotatable bonds is 6. The molecule has 150 valence electrons. The van der Waals surface area contributed by atoms with Crippen molar-refractivity contribution in [3.8, 4) is 11.5 Å². The number of fused-ring (bicyclic) bond motifs is 1. The summed E-state index contributed by atoms with van der Waals surface area (Å²) in [6, 6.07) is 11.7. The van der Waals surface area contributed by atoms with Crippen LogP contribution >= 0.6 is 0 Å². The van der Waals surface area contributed by atoms with Gasteiger partial charge in [0.15, 0.2) is 11.5 Å². The molecule has 1 heterocycles. The van der Waals surface area contributed by atoms with E-state index in [-0.39, 0.29) is 18.0 Å². The summed E-state index contributed by atoms with van der Waals surface area (Å²) in [4.78, 5) is 12.8. The first kappa shape index (κ1) is 20.2. The summed E-state index contributed by atoms with van der Waals surface area (Å²) in [7, 11) is 0. The van der Waals surface area contributed by atoms with E-state index >= 15 is 0 Å². The number of anilines is 1. The summed E-state index contributed by atoms with van der Waals surface area (Å²) < 4.78 is 11.3. The van der Waals surface area contributed by atoms with Gasteiger partial charge in [-0.05, 0) is 61.6 Å². The third-order valence-electron chi connectivity index (χ3n) is 5.07. The third-order valence-corrected chi connectivity index (χ3v) is 5.07. The van der Waals surface area contributed by atoms with Crippen molar-refractivity contribution < 1.29 is 14.3 Å². The largest absolute Gasteiger partial charge is 0.486 e. The van der Waals surface area contributed by atoms with Crippen LogP contribution in [0.2, 0.25) is 0 Å².